The predicted octanol–water partition coefficient (Wildman–Crippen LogP) is 11.7. The van der Waals surface area contributed by atoms with Crippen molar-refractivity contribution in [1.29, 1.82) is 0 Å². The summed E-state index contributed by atoms with van der Waals surface area (Å²) in [5.41, 5.74) is -2.16. The third-order valence-electron chi connectivity index (χ3n) is 14.9. The second-order valence-corrected chi connectivity index (χ2v) is 38.4. The molecule has 0 aliphatic carbocycles. The summed E-state index contributed by atoms with van der Waals surface area (Å²) < 4.78 is 24.6. The van der Waals surface area contributed by atoms with E-state index in [9.17, 15) is 29.4 Å². The molecule has 1 fully saturated rings. The van der Waals surface area contributed by atoms with Crippen molar-refractivity contribution < 1.29 is 57.6 Å². The number of carbonyl (C=O) groups is 4. The van der Waals surface area contributed by atoms with Gasteiger partial charge >= 0.3 is 11.9 Å². The van der Waals surface area contributed by atoms with Crippen molar-refractivity contribution in [3.63, 3.8) is 0 Å². The van der Waals surface area contributed by atoms with Crippen LogP contribution in [0.4, 0.5) is 0 Å². The lowest BCUT2D eigenvalue weighted by Gasteiger charge is -2.46. The second-order valence-electron chi connectivity index (χ2n) is 24.2. The van der Waals surface area contributed by atoms with Gasteiger partial charge in [-0.25, -0.2) is 0 Å². The second kappa shape index (κ2) is 25.2. The summed E-state index contributed by atoms with van der Waals surface area (Å²) in [5.74, 6) is -3.28. The fourth-order valence-corrected chi connectivity index (χ4v) is 10.9. The normalized spacial score (nSPS) is 19.4. The van der Waals surface area contributed by atoms with E-state index in [0.29, 0.717) is 0 Å². The minimum absolute atomic E-state index is 0.00170. The highest BCUT2D eigenvalue weighted by Gasteiger charge is 2.50. The monoisotopic (exact) mass is 975 g/mol. The number of aliphatic hydroxyl groups is 2. The van der Waals surface area contributed by atoms with Crippen molar-refractivity contribution >= 4 is 48.5 Å². The van der Waals surface area contributed by atoms with Gasteiger partial charge in [0, 0.05) is 30.3 Å². The number of hydrogen-bond acceptors (Lipinski definition) is 10. The summed E-state index contributed by atoms with van der Waals surface area (Å²) >= 11 is 0. The summed E-state index contributed by atoms with van der Waals surface area (Å²) in [6.45, 7) is 55.2. The molecule has 12 nitrogen and oxygen atoms in total. The maximum Gasteiger partial charge on any atom is 0.306 e. The van der Waals surface area contributed by atoms with Gasteiger partial charge in [-0.05, 0) is 72.7 Å². The van der Waals surface area contributed by atoms with Gasteiger partial charge in [0.25, 0.3) is 0 Å². The van der Waals surface area contributed by atoms with Crippen LogP contribution in [-0.4, -0.2) is 106 Å². The van der Waals surface area contributed by atoms with E-state index in [1.54, 1.807) is 26.8 Å². The molecule has 382 valence electrons. The third-order valence-corrected chi connectivity index (χ3v) is 28.3. The fourth-order valence-electron chi connectivity index (χ4n) is 6.54. The van der Waals surface area contributed by atoms with Crippen molar-refractivity contribution in [2.24, 2.45) is 34.5 Å². The van der Waals surface area contributed by atoms with Crippen LogP contribution in [0.2, 0.25) is 54.4 Å². The Kier molecular flexibility index (Phi) is 25.3. The van der Waals surface area contributed by atoms with E-state index in [0.717, 1.165) is 19.4 Å². The Labute approximate surface area is 399 Å². The SMILES string of the molecule is C=C[C@H](C)C(O[Si](C)(C)C(C)(C)C)C(C)C(=O)C(C)(C)[C@@H](O)CC(=O)O.C=C[C@H](C)[C@H](O[Si](C)(C)C(C)(C)C)C(C)C(=O)C(C)(C)[C@H](CC(=O)O)O[Si](C)(C)C(C)(C)C.OC1CCCO1. The molecule has 1 heterocycles. The number of ether oxygens (including phenoxy) is 1. The van der Waals surface area contributed by atoms with Gasteiger partial charge in [-0.1, -0.05) is 130 Å². The van der Waals surface area contributed by atoms with Gasteiger partial charge in [0.15, 0.2) is 31.2 Å². The summed E-state index contributed by atoms with van der Waals surface area (Å²) in [4.78, 5) is 49.8. The van der Waals surface area contributed by atoms with Crippen molar-refractivity contribution in [2.45, 2.75) is 228 Å². The molecule has 0 aromatic heterocycles. The molecule has 0 bridgehead atoms. The van der Waals surface area contributed by atoms with Gasteiger partial charge in [-0.15, -0.1) is 13.2 Å². The third kappa shape index (κ3) is 19.6. The Morgan fingerprint density at radius 1 is 0.615 bits per heavy atom. The Balaban J connectivity index is 0. The predicted molar refractivity (Wildman–Crippen MR) is 273 cm³/mol. The summed E-state index contributed by atoms with van der Waals surface area (Å²) in [5, 5.41) is 37.2. The van der Waals surface area contributed by atoms with Gasteiger partial charge in [-0.2, -0.15) is 0 Å². The molecule has 4 N–H and O–H groups in total. The molecule has 65 heavy (non-hydrogen) atoms. The van der Waals surface area contributed by atoms with Crippen LogP contribution in [0.1, 0.15) is 143 Å². The first-order chi connectivity index (χ1) is 28.8. The summed E-state index contributed by atoms with van der Waals surface area (Å²) in [7, 11) is -6.57. The van der Waals surface area contributed by atoms with Crippen LogP contribution >= 0.6 is 0 Å². The molecule has 9 atom stereocenters. The first-order valence-corrected chi connectivity index (χ1v) is 32.3. The van der Waals surface area contributed by atoms with Crippen LogP contribution in [0.25, 0.3) is 0 Å². The van der Waals surface area contributed by atoms with Crippen LogP contribution in [0, 0.1) is 34.5 Å². The first kappa shape index (κ1) is 65.3. The molecule has 1 rings (SSSR count). The quantitative estimate of drug-likeness (QED) is 0.0595. The number of carboxylic acid groups (broad SMARTS) is 2. The van der Waals surface area contributed by atoms with Crippen LogP contribution < -0.4 is 0 Å². The summed E-state index contributed by atoms with van der Waals surface area (Å²) in [6.07, 6.45) is 1.69. The van der Waals surface area contributed by atoms with Crippen molar-refractivity contribution in [3.8, 4) is 0 Å². The standard InChI is InChI=1S/C26H52O5Si2.C20H38O5Si.C4H8O2/c1-16-18(2)22(31-33(14,15)25(7,8)9)19(3)23(29)26(10,11)20(17-21(27)28)30-32(12,13)24(4,5)6;1-11-13(2)17(25-26(9,10)19(4,5)6)14(3)18(24)20(7,8)15(21)12-16(22)23;5-4-2-1-3-6-4/h16,18-20,22H,1,17H2,2-15H3,(H,27,28);11,13-15,17,21H,1,12H2,2-10H3,(H,22,23);4-5H,1-3H2/t18-,19?,20-,22-;13-,14?,15-,17?;/m00./s1. The lowest BCUT2D eigenvalue weighted by molar-refractivity contribution is -0.148. The molecular formula is C50H98O12Si3. The van der Waals surface area contributed by atoms with Crippen LogP contribution in [0.5, 0.6) is 0 Å². The number of carbonyl (C=O) groups excluding carboxylic acids is 2. The van der Waals surface area contributed by atoms with Crippen LogP contribution in [0.3, 0.4) is 0 Å². The number of carboxylic acids is 2. The summed E-state index contributed by atoms with van der Waals surface area (Å²) in [6, 6.07) is 0. The smallest absolute Gasteiger partial charge is 0.306 e. The Morgan fingerprint density at radius 2 is 0.938 bits per heavy atom. The zero-order valence-corrected chi connectivity index (χ0v) is 48.4. The maximum absolute atomic E-state index is 14.0. The van der Waals surface area contributed by atoms with E-state index in [4.69, 9.17) is 28.2 Å². The molecule has 15 heteroatoms. The molecule has 1 saturated heterocycles. The minimum Gasteiger partial charge on any atom is -0.481 e. The topological polar surface area (TPSA) is 186 Å². The van der Waals surface area contributed by atoms with E-state index in [1.165, 1.54) is 0 Å². The van der Waals surface area contributed by atoms with Gasteiger partial charge in [0.1, 0.15) is 11.6 Å². The number of aliphatic carboxylic acids is 2. The number of ketones is 2. The molecule has 4 unspecified atom stereocenters. The number of Topliss-reactive ketones (excluding diaryl/α,β-unsaturated/α-hetero) is 2. The first-order valence-electron chi connectivity index (χ1n) is 23.6. The molecule has 0 aromatic rings. The molecule has 0 saturated carbocycles. The number of rotatable bonds is 22. The van der Waals surface area contributed by atoms with E-state index in [1.807, 2.05) is 40.7 Å². The van der Waals surface area contributed by atoms with Gasteiger partial charge < -0.3 is 38.4 Å². The zero-order chi connectivity index (χ0) is 52.3. The lowest BCUT2D eigenvalue weighted by Crippen LogP contribution is -2.54. The molecule has 0 spiro atoms. The average molecular weight is 976 g/mol. The zero-order valence-electron chi connectivity index (χ0n) is 45.4. The number of hydrogen-bond donors (Lipinski definition) is 4. The molecule has 1 aliphatic heterocycles. The maximum atomic E-state index is 14.0. The highest BCUT2D eigenvalue weighted by atomic mass is 28.4. The highest BCUT2D eigenvalue weighted by Crippen LogP contribution is 2.44. The van der Waals surface area contributed by atoms with Crippen LogP contribution in [-0.2, 0) is 37.2 Å². The Bertz CT molecular complexity index is 1540. The lowest BCUT2D eigenvalue weighted by atomic mass is 9.73. The largest absolute Gasteiger partial charge is 0.481 e. The average Bonchev–Trinajstić information content (AvgIpc) is 3.63. The molecular weight excluding hydrogens is 877 g/mol. The van der Waals surface area contributed by atoms with E-state index in [-0.39, 0.29) is 57.1 Å². The Hall–Kier alpha value is -1.83. The molecule has 0 radical (unpaired) electrons. The highest BCUT2D eigenvalue weighted by molar-refractivity contribution is 6.75. The van der Waals surface area contributed by atoms with E-state index >= 15 is 0 Å². The van der Waals surface area contributed by atoms with Crippen molar-refractivity contribution in [1.82, 2.24) is 0 Å². The van der Waals surface area contributed by atoms with Gasteiger partial charge in [0.2, 0.25) is 0 Å². The number of aliphatic hydroxyl groups excluding tert-OH is 2. The fraction of sp³-hybridized carbons (Fsp3) is 0.840. The Morgan fingerprint density at radius 3 is 1.18 bits per heavy atom. The molecule has 0 aromatic carbocycles. The minimum atomic E-state index is -2.30. The van der Waals surface area contributed by atoms with Gasteiger partial charge in [0.05, 0.1) is 42.7 Å². The molecule has 0 amide bonds. The van der Waals surface area contributed by atoms with Crippen LogP contribution in [0.15, 0.2) is 25.3 Å². The molecule has 1 aliphatic rings. The van der Waals surface area contributed by atoms with Crippen molar-refractivity contribution in [3.05, 3.63) is 25.3 Å². The van der Waals surface area contributed by atoms with Crippen molar-refractivity contribution in [2.75, 3.05) is 6.61 Å². The van der Waals surface area contributed by atoms with E-state index in [2.05, 4.69) is 115 Å². The van der Waals surface area contributed by atoms with Gasteiger partial charge in [-0.3, -0.25) is 19.2 Å². The van der Waals surface area contributed by atoms with E-state index < -0.39 is 84.5 Å².